The molecule has 0 atom stereocenters. The fourth-order valence-electron chi connectivity index (χ4n) is 2.94. The summed E-state index contributed by atoms with van der Waals surface area (Å²) in [6.07, 6.45) is 4.10. The quantitative estimate of drug-likeness (QED) is 0.743. The zero-order chi connectivity index (χ0) is 17.4. The number of benzene rings is 1. The van der Waals surface area contributed by atoms with Crippen LogP contribution in [-0.2, 0) is 11.3 Å². The van der Waals surface area contributed by atoms with Crippen LogP contribution in [0.3, 0.4) is 0 Å². The minimum atomic E-state index is 0.0924. The molecule has 1 aromatic rings. The van der Waals surface area contributed by atoms with E-state index >= 15 is 0 Å². The molecule has 0 aromatic heterocycles. The Kier molecular flexibility index (Phi) is 7.37. The monoisotopic (exact) mass is 334 g/mol. The minimum Gasteiger partial charge on any atom is -0.493 e. The molecule has 1 aliphatic heterocycles. The van der Waals surface area contributed by atoms with E-state index in [0.717, 1.165) is 56.0 Å². The first-order valence-electron chi connectivity index (χ1n) is 8.93. The van der Waals surface area contributed by atoms with E-state index in [2.05, 4.69) is 5.32 Å². The number of hydrogen-bond donors (Lipinski definition) is 1. The molecular formula is C19H30N2O3. The van der Waals surface area contributed by atoms with E-state index in [1.54, 1.807) is 7.11 Å². The molecule has 0 radical (unpaired) electrons. The Morgan fingerprint density at radius 3 is 2.83 bits per heavy atom. The van der Waals surface area contributed by atoms with Gasteiger partial charge in [0, 0.05) is 38.2 Å². The van der Waals surface area contributed by atoms with Gasteiger partial charge in [0.05, 0.1) is 13.2 Å². The van der Waals surface area contributed by atoms with Crippen molar-refractivity contribution in [2.45, 2.75) is 52.2 Å². The van der Waals surface area contributed by atoms with Crippen LogP contribution in [0.5, 0.6) is 11.5 Å². The van der Waals surface area contributed by atoms with Crippen LogP contribution in [0, 0.1) is 0 Å². The predicted molar refractivity (Wildman–Crippen MR) is 95.5 cm³/mol. The topological polar surface area (TPSA) is 50.8 Å². The number of carbonyl (C=O) groups excluding carboxylic acids is 1. The molecule has 2 rings (SSSR count). The van der Waals surface area contributed by atoms with E-state index in [4.69, 9.17) is 9.47 Å². The summed E-state index contributed by atoms with van der Waals surface area (Å²) in [5.41, 5.74) is 1.07. The van der Waals surface area contributed by atoms with E-state index in [1.807, 2.05) is 36.9 Å². The van der Waals surface area contributed by atoms with Crippen molar-refractivity contribution in [3.8, 4) is 11.5 Å². The summed E-state index contributed by atoms with van der Waals surface area (Å²) in [5, 5.41) is 3.43. The lowest BCUT2D eigenvalue weighted by Gasteiger charge is -2.21. The Hall–Kier alpha value is -1.75. The summed E-state index contributed by atoms with van der Waals surface area (Å²) in [5.74, 6) is 1.85. The lowest BCUT2D eigenvalue weighted by molar-refractivity contribution is -0.130. The lowest BCUT2D eigenvalue weighted by Crippen LogP contribution is -2.36. The summed E-state index contributed by atoms with van der Waals surface area (Å²) >= 11 is 0. The highest BCUT2D eigenvalue weighted by molar-refractivity contribution is 5.76. The molecule has 1 N–H and O–H groups in total. The lowest BCUT2D eigenvalue weighted by atomic mass is 10.1. The third kappa shape index (κ3) is 5.41. The molecule has 1 saturated heterocycles. The van der Waals surface area contributed by atoms with Crippen LogP contribution in [0.15, 0.2) is 18.2 Å². The van der Waals surface area contributed by atoms with Crippen molar-refractivity contribution >= 4 is 5.91 Å². The Morgan fingerprint density at radius 2 is 2.08 bits per heavy atom. The molecule has 0 saturated carbocycles. The summed E-state index contributed by atoms with van der Waals surface area (Å²) in [4.78, 5) is 14.0. The molecule has 1 amide bonds. The first-order chi connectivity index (χ1) is 11.6. The van der Waals surface area contributed by atoms with Crippen molar-refractivity contribution < 1.29 is 14.3 Å². The van der Waals surface area contributed by atoms with E-state index in [-0.39, 0.29) is 6.10 Å². The van der Waals surface area contributed by atoms with Gasteiger partial charge in [-0.25, -0.2) is 0 Å². The van der Waals surface area contributed by atoms with Gasteiger partial charge < -0.3 is 19.7 Å². The van der Waals surface area contributed by atoms with Gasteiger partial charge in [0.1, 0.15) is 0 Å². The molecule has 0 unspecified atom stereocenters. The maximum atomic E-state index is 12.0. The smallest absolute Gasteiger partial charge is 0.222 e. The molecule has 1 aromatic carbocycles. The molecule has 0 spiro atoms. The number of methoxy groups -OCH3 is 1. The maximum absolute atomic E-state index is 12.0. The first-order valence-corrected chi connectivity index (χ1v) is 8.93. The van der Waals surface area contributed by atoms with Crippen molar-refractivity contribution in [3.63, 3.8) is 0 Å². The third-order valence-electron chi connectivity index (χ3n) is 4.18. The van der Waals surface area contributed by atoms with Gasteiger partial charge in [-0.05, 0) is 32.8 Å². The van der Waals surface area contributed by atoms with Gasteiger partial charge >= 0.3 is 0 Å². The highest BCUT2D eigenvalue weighted by Gasteiger charge is 2.16. The number of nitrogens with zero attached hydrogens (tertiary/aromatic N) is 1. The van der Waals surface area contributed by atoms with Crippen LogP contribution in [0.4, 0.5) is 0 Å². The number of hydrogen-bond acceptors (Lipinski definition) is 4. The number of carbonyl (C=O) groups is 1. The molecule has 24 heavy (non-hydrogen) atoms. The fourth-order valence-corrected chi connectivity index (χ4v) is 2.94. The maximum Gasteiger partial charge on any atom is 0.222 e. The summed E-state index contributed by atoms with van der Waals surface area (Å²) in [6, 6.07) is 5.93. The molecular weight excluding hydrogens is 304 g/mol. The second-order valence-electron chi connectivity index (χ2n) is 6.48. The number of nitrogens with one attached hydrogen (secondary N) is 1. The number of amides is 1. The van der Waals surface area contributed by atoms with Crippen LogP contribution in [0.25, 0.3) is 0 Å². The van der Waals surface area contributed by atoms with Crippen LogP contribution in [-0.4, -0.2) is 43.7 Å². The zero-order valence-corrected chi connectivity index (χ0v) is 15.1. The normalized spacial score (nSPS) is 15.5. The molecule has 0 bridgehead atoms. The van der Waals surface area contributed by atoms with Crippen LogP contribution in [0.1, 0.15) is 45.1 Å². The van der Waals surface area contributed by atoms with Gasteiger partial charge in [0.15, 0.2) is 11.5 Å². The second kappa shape index (κ2) is 9.52. The average molecular weight is 334 g/mol. The van der Waals surface area contributed by atoms with Crippen LogP contribution >= 0.6 is 0 Å². The van der Waals surface area contributed by atoms with Gasteiger partial charge in [-0.1, -0.05) is 18.6 Å². The molecule has 1 heterocycles. The Morgan fingerprint density at radius 1 is 1.25 bits per heavy atom. The number of para-hydroxylation sites is 1. The van der Waals surface area contributed by atoms with Crippen molar-refractivity contribution in [2.75, 3.05) is 26.7 Å². The molecule has 5 heteroatoms. The number of rotatable bonds is 8. The van der Waals surface area contributed by atoms with Gasteiger partial charge in [0.25, 0.3) is 0 Å². The SMILES string of the molecule is COc1cccc(CNCCN2CCCCCC2=O)c1OC(C)C. The van der Waals surface area contributed by atoms with Gasteiger partial charge in [0.2, 0.25) is 5.91 Å². The molecule has 1 fully saturated rings. The Balaban J connectivity index is 1.88. The summed E-state index contributed by atoms with van der Waals surface area (Å²) < 4.78 is 11.3. The molecule has 5 nitrogen and oxygen atoms in total. The van der Waals surface area contributed by atoms with Gasteiger partial charge in [-0.3, -0.25) is 4.79 Å². The average Bonchev–Trinajstić information content (AvgIpc) is 2.76. The van der Waals surface area contributed by atoms with Crippen molar-refractivity contribution in [1.29, 1.82) is 0 Å². The minimum absolute atomic E-state index is 0.0924. The zero-order valence-electron chi connectivity index (χ0n) is 15.1. The van der Waals surface area contributed by atoms with E-state index in [0.29, 0.717) is 18.9 Å². The largest absolute Gasteiger partial charge is 0.493 e. The molecule has 0 aliphatic carbocycles. The number of ether oxygens (including phenoxy) is 2. The Bertz CT molecular complexity index is 531. The number of likely N-dealkylation sites (tertiary alicyclic amines) is 1. The first kappa shape index (κ1) is 18.6. The second-order valence-corrected chi connectivity index (χ2v) is 6.48. The standard InChI is InChI=1S/C19H30N2O3/c1-15(2)24-19-16(8-7-9-17(19)23-3)14-20-11-13-21-12-6-4-5-10-18(21)22/h7-9,15,20H,4-6,10-14H2,1-3H3. The van der Waals surface area contributed by atoms with E-state index in [1.165, 1.54) is 0 Å². The van der Waals surface area contributed by atoms with Crippen molar-refractivity contribution in [2.24, 2.45) is 0 Å². The predicted octanol–water partition coefficient (Wildman–Crippen LogP) is 2.97. The molecule has 134 valence electrons. The van der Waals surface area contributed by atoms with Gasteiger partial charge in [-0.2, -0.15) is 0 Å². The Labute approximate surface area is 145 Å². The highest BCUT2D eigenvalue weighted by Crippen LogP contribution is 2.31. The highest BCUT2D eigenvalue weighted by atomic mass is 16.5. The van der Waals surface area contributed by atoms with E-state index < -0.39 is 0 Å². The molecule has 1 aliphatic rings. The van der Waals surface area contributed by atoms with E-state index in [9.17, 15) is 4.79 Å². The van der Waals surface area contributed by atoms with Crippen LogP contribution in [0.2, 0.25) is 0 Å². The van der Waals surface area contributed by atoms with Crippen molar-refractivity contribution in [3.05, 3.63) is 23.8 Å². The summed E-state index contributed by atoms with van der Waals surface area (Å²) in [6.45, 7) is 7.15. The van der Waals surface area contributed by atoms with Gasteiger partial charge in [-0.15, -0.1) is 0 Å². The van der Waals surface area contributed by atoms with Crippen molar-refractivity contribution in [1.82, 2.24) is 10.2 Å². The third-order valence-corrected chi connectivity index (χ3v) is 4.18. The fraction of sp³-hybridized carbons (Fsp3) is 0.632. The summed E-state index contributed by atoms with van der Waals surface area (Å²) in [7, 11) is 1.66. The van der Waals surface area contributed by atoms with Crippen LogP contribution < -0.4 is 14.8 Å².